The van der Waals surface area contributed by atoms with Gasteiger partial charge in [0, 0.05) is 31.0 Å². The first-order valence-corrected chi connectivity index (χ1v) is 7.22. The van der Waals surface area contributed by atoms with E-state index in [1.165, 1.54) is 11.5 Å². The van der Waals surface area contributed by atoms with Gasteiger partial charge in [0.15, 0.2) is 0 Å². The second-order valence-electron chi connectivity index (χ2n) is 4.73. The molecule has 0 saturated heterocycles. The molecule has 17 heavy (non-hydrogen) atoms. The highest BCUT2D eigenvalue weighted by molar-refractivity contribution is 7.09. The van der Waals surface area contributed by atoms with Gasteiger partial charge in [-0.15, -0.1) is 0 Å². The van der Waals surface area contributed by atoms with Crippen molar-refractivity contribution in [2.75, 3.05) is 24.5 Å². The summed E-state index contributed by atoms with van der Waals surface area (Å²) in [6, 6.07) is 0. The van der Waals surface area contributed by atoms with Crippen molar-refractivity contribution in [1.29, 1.82) is 0 Å². The number of nitrogens with two attached hydrogens (primary N) is 1. The highest BCUT2D eigenvalue weighted by atomic mass is 32.1. The van der Waals surface area contributed by atoms with Gasteiger partial charge in [0.25, 0.3) is 0 Å². The smallest absolute Gasteiger partial charge is 0.205 e. The van der Waals surface area contributed by atoms with Crippen LogP contribution in [-0.2, 0) is 6.42 Å². The van der Waals surface area contributed by atoms with E-state index in [4.69, 9.17) is 5.73 Å². The molecule has 0 bridgehead atoms. The predicted octanol–water partition coefficient (Wildman–Crippen LogP) is 2.30. The molecule has 0 radical (unpaired) electrons. The molecule has 0 fully saturated rings. The Morgan fingerprint density at radius 3 is 2.76 bits per heavy atom. The van der Waals surface area contributed by atoms with Crippen LogP contribution < -0.4 is 10.6 Å². The first-order chi connectivity index (χ1) is 8.17. The fourth-order valence-corrected chi connectivity index (χ4v) is 2.43. The fraction of sp³-hybridized carbons (Fsp3) is 0.833. The lowest BCUT2D eigenvalue weighted by Crippen LogP contribution is -2.29. The number of nitrogens with zero attached hydrogens (tertiary/aromatic N) is 3. The Balaban J connectivity index is 2.65. The standard InChI is InChI=1S/C12H24N4S/c1-4-6-11-14-12(17-15-11)16(8-5-7-13)9-10(2)3/h10H,4-9,13H2,1-3H3. The molecular weight excluding hydrogens is 232 g/mol. The van der Waals surface area contributed by atoms with Crippen molar-refractivity contribution in [2.24, 2.45) is 11.7 Å². The maximum atomic E-state index is 5.58. The van der Waals surface area contributed by atoms with E-state index in [2.05, 4.69) is 35.0 Å². The molecule has 1 aromatic rings. The van der Waals surface area contributed by atoms with E-state index in [-0.39, 0.29) is 0 Å². The molecule has 0 atom stereocenters. The van der Waals surface area contributed by atoms with Crippen molar-refractivity contribution < 1.29 is 0 Å². The summed E-state index contributed by atoms with van der Waals surface area (Å²) in [4.78, 5) is 6.91. The number of aryl methyl sites for hydroxylation is 1. The van der Waals surface area contributed by atoms with E-state index in [1.54, 1.807) is 0 Å². The molecule has 0 amide bonds. The summed E-state index contributed by atoms with van der Waals surface area (Å²) in [5.74, 6) is 1.61. The Morgan fingerprint density at radius 2 is 2.18 bits per heavy atom. The molecule has 0 aliphatic heterocycles. The van der Waals surface area contributed by atoms with Crippen LogP contribution in [0.5, 0.6) is 0 Å². The quantitative estimate of drug-likeness (QED) is 0.775. The van der Waals surface area contributed by atoms with Crippen LogP contribution in [0.15, 0.2) is 0 Å². The highest BCUT2D eigenvalue weighted by Gasteiger charge is 2.13. The normalized spacial score (nSPS) is 11.1. The summed E-state index contributed by atoms with van der Waals surface area (Å²) >= 11 is 1.51. The molecule has 0 aliphatic rings. The molecule has 0 aromatic carbocycles. The molecule has 0 spiro atoms. The number of anilines is 1. The predicted molar refractivity (Wildman–Crippen MR) is 74.6 cm³/mol. The van der Waals surface area contributed by atoms with Gasteiger partial charge in [0.2, 0.25) is 5.13 Å². The first kappa shape index (κ1) is 14.4. The van der Waals surface area contributed by atoms with Gasteiger partial charge in [0.05, 0.1) is 0 Å². The molecule has 0 unspecified atom stereocenters. The average molecular weight is 256 g/mol. The van der Waals surface area contributed by atoms with E-state index in [0.29, 0.717) is 5.92 Å². The average Bonchev–Trinajstić information content (AvgIpc) is 2.73. The second-order valence-corrected chi connectivity index (χ2v) is 5.46. The van der Waals surface area contributed by atoms with Crippen LogP contribution in [0.25, 0.3) is 0 Å². The molecule has 1 aromatic heterocycles. The Hall–Kier alpha value is -0.680. The van der Waals surface area contributed by atoms with E-state index in [0.717, 1.165) is 49.9 Å². The SMILES string of the molecule is CCCc1nsc(N(CCCN)CC(C)C)n1. The van der Waals surface area contributed by atoms with Crippen LogP contribution >= 0.6 is 11.5 Å². The molecular formula is C12H24N4S. The van der Waals surface area contributed by atoms with Crippen molar-refractivity contribution in [3.8, 4) is 0 Å². The minimum atomic E-state index is 0.631. The van der Waals surface area contributed by atoms with Crippen molar-refractivity contribution in [1.82, 2.24) is 9.36 Å². The van der Waals surface area contributed by atoms with Crippen LogP contribution in [0.3, 0.4) is 0 Å². The van der Waals surface area contributed by atoms with E-state index < -0.39 is 0 Å². The summed E-state index contributed by atoms with van der Waals surface area (Å²) in [6.45, 7) is 9.35. The molecule has 0 aliphatic carbocycles. The van der Waals surface area contributed by atoms with Crippen LogP contribution in [0.4, 0.5) is 5.13 Å². The molecule has 4 nitrogen and oxygen atoms in total. The Kier molecular flexibility index (Phi) is 6.44. The Bertz CT molecular complexity index is 311. The third-order valence-electron chi connectivity index (χ3n) is 2.42. The number of rotatable bonds is 8. The zero-order chi connectivity index (χ0) is 12.7. The lowest BCUT2D eigenvalue weighted by molar-refractivity contribution is 0.599. The topological polar surface area (TPSA) is 55.0 Å². The molecule has 2 N–H and O–H groups in total. The van der Waals surface area contributed by atoms with Gasteiger partial charge in [-0.05, 0) is 25.3 Å². The van der Waals surface area contributed by atoms with Crippen molar-refractivity contribution >= 4 is 16.7 Å². The maximum Gasteiger partial charge on any atom is 0.205 e. The maximum absolute atomic E-state index is 5.58. The van der Waals surface area contributed by atoms with Gasteiger partial charge < -0.3 is 10.6 Å². The van der Waals surface area contributed by atoms with Gasteiger partial charge in [0.1, 0.15) is 5.82 Å². The van der Waals surface area contributed by atoms with Crippen LogP contribution in [0.2, 0.25) is 0 Å². The lowest BCUT2D eigenvalue weighted by atomic mass is 10.2. The molecule has 0 saturated carbocycles. The second kappa shape index (κ2) is 7.61. The Morgan fingerprint density at radius 1 is 1.41 bits per heavy atom. The molecule has 5 heteroatoms. The minimum absolute atomic E-state index is 0.631. The van der Waals surface area contributed by atoms with Gasteiger partial charge >= 0.3 is 0 Å². The molecule has 1 heterocycles. The van der Waals surface area contributed by atoms with Gasteiger partial charge in [-0.1, -0.05) is 20.8 Å². The lowest BCUT2D eigenvalue weighted by Gasteiger charge is -2.23. The van der Waals surface area contributed by atoms with Gasteiger partial charge in [-0.2, -0.15) is 4.37 Å². The summed E-state index contributed by atoms with van der Waals surface area (Å²) in [5, 5.41) is 1.05. The zero-order valence-electron chi connectivity index (χ0n) is 11.1. The minimum Gasteiger partial charge on any atom is -0.347 e. The molecule has 98 valence electrons. The van der Waals surface area contributed by atoms with Crippen molar-refractivity contribution in [3.63, 3.8) is 0 Å². The largest absolute Gasteiger partial charge is 0.347 e. The van der Waals surface area contributed by atoms with Crippen LogP contribution in [0, 0.1) is 5.92 Å². The number of hydrogen-bond acceptors (Lipinski definition) is 5. The first-order valence-electron chi connectivity index (χ1n) is 6.45. The number of aromatic nitrogens is 2. The summed E-state index contributed by atoms with van der Waals surface area (Å²) < 4.78 is 4.40. The summed E-state index contributed by atoms with van der Waals surface area (Å²) in [6.07, 6.45) is 3.08. The van der Waals surface area contributed by atoms with Gasteiger partial charge in [-0.25, -0.2) is 4.98 Å². The van der Waals surface area contributed by atoms with Crippen molar-refractivity contribution in [3.05, 3.63) is 5.82 Å². The summed E-state index contributed by atoms with van der Waals surface area (Å²) in [5.41, 5.74) is 5.58. The van der Waals surface area contributed by atoms with E-state index in [1.807, 2.05) is 0 Å². The van der Waals surface area contributed by atoms with Gasteiger partial charge in [-0.3, -0.25) is 0 Å². The fourth-order valence-electron chi connectivity index (χ4n) is 1.69. The summed E-state index contributed by atoms with van der Waals surface area (Å²) in [7, 11) is 0. The van der Waals surface area contributed by atoms with Crippen molar-refractivity contribution in [2.45, 2.75) is 40.0 Å². The number of hydrogen-bond donors (Lipinski definition) is 1. The van der Waals surface area contributed by atoms with Crippen LogP contribution in [-0.4, -0.2) is 29.0 Å². The van der Waals surface area contributed by atoms with E-state index in [9.17, 15) is 0 Å². The third kappa shape index (κ3) is 5.00. The Labute approximate surface area is 108 Å². The monoisotopic (exact) mass is 256 g/mol. The zero-order valence-corrected chi connectivity index (χ0v) is 12.0. The highest BCUT2D eigenvalue weighted by Crippen LogP contribution is 2.19. The van der Waals surface area contributed by atoms with Crippen LogP contribution in [0.1, 0.15) is 39.4 Å². The molecule has 1 rings (SSSR count). The third-order valence-corrected chi connectivity index (χ3v) is 3.23. The van der Waals surface area contributed by atoms with E-state index >= 15 is 0 Å².